The van der Waals surface area contributed by atoms with Crippen LogP contribution in [0.3, 0.4) is 0 Å². The number of amidine groups is 1. The van der Waals surface area contributed by atoms with Crippen molar-refractivity contribution < 1.29 is 52.9 Å². The Balaban J connectivity index is 1.50. The normalized spacial score (nSPS) is 29.4. The van der Waals surface area contributed by atoms with Gasteiger partial charge in [0.25, 0.3) is 0 Å². The number of allylic oxidation sites excluding steroid dienone is 4. The molecule has 1 amide bonds. The van der Waals surface area contributed by atoms with Crippen LogP contribution in [0.2, 0.25) is 0 Å². The minimum absolute atomic E-state index is 0.0440. The average molecular weight is 940 g/mol. The molecule has 8 rings (SSSR count). The van der Waals surface area contributed by atoms with Crippen molar-refractivity contribution in [1.29, 1.82) is 0 Å². The number of benzene rings is 1. The minimum Gasteiger partial charge on any atom is -0.482 e. The summed E-state index contributed by atoms with van der Waals surface area (Å²) in [6.07, 6.45) is 10.5. The molecular weight excluding hydrogens is 871 g/mol. The SMILES string of the molecule is C=C(N)C(/C(N)=N\O)C1C2CC3C(C)(C)OC(C/C=C(/C)C(=O)OC)(C2=O)C32Oc3c(CC=C(C)C)c4c(c(OC(=O)CCC(=O)N5CCN(C)CC5)c3C(=O)C12)C=CC(C)(CCC=C(C)C)O4. The molecule has 16 heteroatoms. The largest absolute Gasteiger partial charge is 0.482 e. The Labute approximate surface area is 399 Å². The summed E-state index contributed by atoms with van der Waals surface area (Å²) in [5, 5.41) is 13.5. The van der Waals surface area contributed by atoms with Crippen molar-refractivity contribution in [2.24, 2.45) is 46.2 Å². The number of piperazine rings is 1. The fourth-order valence-electron chi connectivity index (χ4n) is 11.8. The number of fused-ring (bicyclic) bond motifs is 2. The first kappa shape index (κ1) is 50.1. The first-order valence-corrected chi connectivity index (χ1v) is 23.7. The van der Waals surface area contributed by atoms with E-state index in [0.29, 0.717) is 55.9 Å². The van der Waals surface area contributed by atoms with Gasteiger partial charge in [0.05, 0.1) is 36.5 Å². The molecule has 4 heterocycles. The second-order valence-electron chi connectivity index (χ2n) is 20.7. The number of amides is 1. The number of esters is 2. The van der Waals surface area contributed by atoms with Gasteiger partial charge in [0, 0.05) is 67.7 Å². The zero-order chi connectivity index (χ0) is 49.8. The van der Waals surface area contributed by atoms with Crippen LogP contribution in [-0.2, 0) is 35.1 Å². The zero-order valence-electron chi connectivity index (χ0n) is 41.3. The standard InChI is InChI=1S/C52H69N5O11/c1-28(2)13-12-20-50(9)21-19-33-43(66-50)32(15-14-29(3)4)45-40(44(33)65-37(59)17-16-36(58)57-25-23-56(10)24-26-57)42(60)41-39(38(31(6)53)47(54)55-63)34-27-35-49(7,8)68-51(46(34)61,52(35,41)67-45)22-18-30(5)48(62)64-11/h13-14,18-19,21,34-35,38-39,41,63H,6,12,15-17,20,22-27,53H2,1-5,7-11H3,(H2,54,55)/b30-18-. The lowest BCUT2D eigenvalue weighted by Gasteiger charge is -2.64. The van der Waals surface area contributed by atoms with Gasteiger partial charge in [-0.25, -0.2) is 4.79 Å². The lowest BCUT2D eigenvalue weighted by Crippen LogP contribution is -2.79. The average Bonchev–Trinajstić information content (AvgIpc) is 3.42. The maximum absolute atomic E-state index is 16.5. The van der Waals surface area contributed by atoms with Crippen molar-refractivity contribution in [2.75, 3.05) is 40.3 Å². The van der Waals surface area contributed by atoms with E-state index >= 15 is 9.59 Å². The van der Waals surface area contributed by atoms with Crippen LogP contribution in [0.15, 0.2) is 58.5 Å². The summed E-state index contributed by atoms with van der Waals surface area (Å²) in [5.41, 5.74) is 10.4. The fourth-order valence-corrected chi connectivity index (χ4v) is 11.8. The number of nitrogens with two attached hydrogens (primary N) is 2. The number of carbonyl (C=O) groups excluding carboxylic acids is 5. The van der Waals surface area contributed by atoms with Gasteiger partial charge in [-0.1, -0.05) is 41.1 Å². The van der Waals surface area contributed by atoms with Crippen LogP contribution in [0.4, 0.5) is 0 Å². The van der Waals surface area contributed by atoms with Gasteiger partial charge >= 0.3 is 11.9 Å². The maximum atomic E-state index is 16.5. The quantitative estimate of drug-likeness (QED) is 0.0260. The molecule has 0 aromatic heterocycles. The minimum atomic E-state index is -1.87. The number of hydrogen-bond acceptors (Lipinski definition) is 14. The van der Waals surface area contributed by atoms with Crippen LogP contribution in [0, 0.1) is 29.6 Å². The molecule has 1 spiro atoms. The van der Waals surface area contributed by atoms with Crippen molar-refractivity contribution >= 4 is 41.3 Å². The molecule has 5 N–H and O–H groups in total. The van der Waals surface area contributed by atoms with Crippen molar-refractivity contribution in [2.45, 2.75) is 123 Å². The van der Waals surface area contributed by atoms with E-state index in [1.165, 1.54) is 7.11 Å². The summed E-state index contributed by atoms with van der Waals surface area (Å²) >= 11 is 0. The monoisotopic (exact) mass is 939 g/mol. The number of nitrogens with zero attached hydrogens (tertiary/aromatic N) is 3. The molecule has 3 saturated carbocycles. The van der Waals surface area contributed by atoms with E-state index in [9.17, 15) is 19.6 Å². The number of likely N-dealkylation sites (N-methyl/N-ethyl adjacent to an activating group) is 1. The highest BCUT2D eigenvalue weighted by atomic mass is 16.6. The highest BCUT2D eigenvalue weighted by Crippen LogP contribution is 2.73. The molecular formula is C52H69N5O11. The molecule has 68 heavy (non-hydrogen) atoms. The first-order valence-electron chi connectivity index (χ1n) is 23.7. The third kappa shape index (κ3) is 8.45. The summed E-state index contributed by atoms with van der Waals surface area (Å²) in [6, 6.07) is 0. The summed E-state index contributed by atoms with van der Waals surface area (Å²) in [4.78, 5) is 76.5. The molecule has 16 nitrogen and oxygen atoms in total. The number of Topliss-reactive ketones (excluding diaryl/α,β-unsaturated/α-hetero) is 2. The number of ketones is 2. The van der Waals surface area contributed by atoms with Gasteiger partial charge in [0.2, 0.25) is 5.91 Å². The number of hydrogen-bond donors (Lipinski definition) is 3. The maximum Gasteiger partial charge on any atom is 0.333 e. The van der Waals surface area contributed by atoms with Gasteiger partial charge in [-0.2, -0.15) is 0 Å². The van der Waals surface area contributed by atoms with E-state index in [1.807, 2.05) is 73.7 Å². The highest BCUT2D eigenvalue weighted by molar-refractivity contribution is 6.11. The topological polar surface area (TPSA) is 223 Å². The van der Waals surface area contributed by atoms with Crippen LogP contribution < -0.4 is 25.7 Å². The highest BCUT2D eigenvalue weighted by Gasteiger charge is 2.86. The van der Waals surface area contributed by atoms with Crippen molar-refractivity contribution in [3.63, 3.8) is 0 Å². The third-order valence-electron chi connectivity index (χ3n) is 15.1. The van der Waals surface area contributed by atoms with Crippen molar-refractivity contribution in [3.05, 3.63) is 70.0 Å². The van der Waals surface area contributed by atoms with Gasteiger partial charge in [-0.05, 0) is 106 Å². The van der Waals surface area contributed by atoms with Gasteiger partial charge in [-0.15, -0.1) is 0 Å². The fraction of sp³-hybridized carbons (Fsp3) is 0.577. The molecule has 368 valence electrons. The molecule has 1 aromatic carbocycles. The number of carbonyl (C=O) groups is 5. The van der Waals surface area contributed by atoms with E-state index in [4.69, 9.17) is 35.2 Å². The van der Waals surface area contributed by atoms with E-state index in [1.54, 1.807) is 17.9 Å². The lowest BCUT2D eigenvalue weighted by atomic mass is 9.41. The first-order chi connectivity index (χ1) is 32.0. The number of oxime groups is 1. The number of methoxy groups -OCH3 is 1. The second-order valence-corrected chi connectivity index (χ2v) is 20.7. The Morgan fingerprint density at radius 1 is 0.985 bits per heavy atom. The van der Waals surface area contributed by atoms with Crippen LogP contribution in [0.5, 0.6) is 17.2 Å². The molecule has 8 unspecified atom stereocenters. The lowest BCUT2D eigenvalue weighted by molar-refractivity contribution is -0.213. The molecule has 7 aliphatic rings. The molecule has 4 bridgehead atoms. The van der Waals surface area contributed by atoms with Crippen molar-refractivity contribution in [1.82, 2.24) is 9.80 Å². The van der Waals surface area contributed by atoms with Crippen molar-refractivity contribution in [3.8, 4) is 17.2 Å². The molecule has 1 aromatic rings. The molecule has 2 saturated heterocycles. The Morgan fingerprint density at radius 3 is 2.28 bits per heavy atom. The second kappa shape index (κ2) is 18.6. The Bertz CT molecular complexity index is 2450. The number of ether oxygens (including phenoxy) is 5. The summed E-state index contributed by atoms with van der Waals surface area (Å²) in [5.74, 6) is -7.72. The third-order valence-corrected chi connectivity index (χ3v) is 15.1. The van der Waals surface area contributed by atoms with E-state index in [-0.39, 0.29) is 72.2 Å². The van der Waals surface area contributed by atoms with Gasteiger partial charge in [0.15, 0.2) is 28.5 Å². The number of rotatable bonds is 15. The van der Waals surface area contributed by atoms with E-state index in [2.05, 4.69) is 22.7 Å². The molecule has 4 aliphatic heterocycles. The van der Waals surface area contributed by atoms with Crippen LogP contribution in [-0.4, -0.2) is 113 Å². The van der Waals surface area contributed by atoms with Crippen LogP contribution in [0.25, 0.3) is 6.08 Å². The Morgan fingerprint density at radius 2 is 1.66 bits per heavy atom. The smallest absolute Gasteiger partial charge is 0.333 e. The summed E-state index contributed by atoms with van der Waals surface area (Å²) in [7, 11) is 3.25. The van der Waals surface area contributed by atoms with E-state index < -0.39 is 75.5 Å². The molecule has 0 radical (unpaired) electrons. The predicted octanol–water partition coefficient (Wildman–Crippen LogP) is 6.22. The summed E-state index contributed by atoms with van der Waals surface area (Å²) < 4.78 is 33.2. The Hall–Kier alpha value is -5.74. The molecule has 8 atom stereocenters. The summed E-state index contributed by atoms with van der Waals surface area (Å²) in [6.45, 7) is 21.7. The van der Waals surface area contributed by atoms with Gasteiger partial charge in [-0.3, -0.25) is 19.2 Å². The van der Waals surface area contributed by atoms with Gasteiger partial charge < -0.3 is 50.2 Å². The van der Waals surface area contributed by atoms with Crippen LogP contribution >= 0.6 is 0 Å². The molecule has 3 aliphatic carbocycles. The predicted molar refractivity (Wildman–Crippen MR) is 255 cm³/mol. The van der Waals surface area contributed by atoms with Gasteiger partial charge in [0.1, 0.15) is 28.5 Å². The molecule has 5 fully saturated rings. The Kier molecular flexibility index (Phi) is 13.7. The van der Waals surface area contributed by atoms with E-state index in [0.717, 1.165) is 11.1 Å². The zero-order valence-corrected chi connectivity index (χ0v) is 41.3. The van der Waals surface area contributed by atoms with Crippen LogP contribution in [0.1, 0.15) is 115 Å².